The Labute approximate surface area is 118 Å². The number of likely N-dealkylation sites (N-methyl/N-ethyl adjacent to an activating group) is 1. The molecule has 110 valence electrons. The molecule has 0 bridgehead atoms. The molecule has 1 heterocycles. The van der Waals surface area contributed by atoms with Crippen LogP contribution in [0.15, 0.2) is 24.3 Å². The summed E-state index contributed by atoms with van der Waals surface area (Å²) >= 11 is 0. The first-order valence-electron chi connectivity index (χ1n) is 6.70. The van der Waals surface area contributed by atoms with Gasteiger partial charge in [-0.1, -0.05) is 12.1 Å². The summed E-state index contributed by atoms with van der Waals surface area (Å²) < 4.78 is 5.25. The van der Waals surface area contributed by atoms with Gasteiger partial charge in [-0.15, -0.1) is 0 Å². The van der Waals surface area contributed by atoms with Crippen molar-refractivity contribution in [3.05, 3.63) is 39.9 Å². The molecule has 0 radical (unpaired) electrons. The first-order valence-corrected chi connectivity index (χ1v) is 6.70. The fourth-order valence-corrected chi connectivity index (χ4v) is 2.55. The van der Waals surface area contributed by atoms with Crippen molar-refractivity contribution in [2.45, 2.75) is 25.0 Å². The first kappa shape index (κ1) is 14.9. The number of nitrogens with zero attached hydrogens (tertiary/aromatic N) is 2. The predicted octanol–water partition coefficient (Wildman–Crippen LogP) is 1.57. The third kappa shape index (κ3) is 4.00. The highest BCUT2D eigenvalue weighted by molar-refractivity contribution is 5.34. The summed E-state index contributed by atoms with van der Waals surface area (Å²) in [6.45, 7) is 2.28. The van der Waals surface area contributed by atoms with Gasteiger partial charge in [-0.2, -0.15) is 0 Å². The van der Waals surface area contributed by atoms with Gasteiger partial charge >= 0.3 is 0 Å². The maximum absolute atomic E-state index is 10.7. The Morgan fingerprint density at radius 3 is 2.80 bits per heavy atom. The molecular weight excluding hydrogens is 260 g/mol. The molecule has 0 unspecified atom stereocenters. The molecule has 0 atom stereocenters. The van der Waals surface area contributed by atoms with E-state index >= 15 is 0 Å². The Morgan fingerprint density at radius 1 is 1.45 bits per heavy atom. The van der Waals surface area contributed by atoms with E-state index in [1.165, 1.54) is 6.07 Å². The Balaban J connectivity index is 1.95. The quantitative estimate of drug-likeness (QED) is 0.654. The molecule has 0 aliphatic carbocycles. The molecule has 1 aromatic carbocycles. The summed E-state index contributed by atoms with van der Waals surface area (Å²) in [5.74, 6) is 0. The summed E-state index contributed by atoms with van der Waals surface area (Å²) in [5, 5.41) is 21.2. The molecule has 0 spiro atoms. The van der Waals surface area contributed by atoms with Crippen molar-refractivity contribution >= 4 is 5.69 Å². The number of benzene rings is 1. The van der Waals surface area contributed by atoms with Crippen molar-refractivity contribution in [1.29, 1.82) is 0 Å². The topological polar surface area (TPSA) is 75.8 Å². The number of aliphatic hydroxyl groups is 1. The van der Waals surface area contributed by atoms with E-state index < -0.39 is 10.5 Å². The van der Waals surface area contributed by atoms with Crippen LogP contribution in [-0.2, 0) is 11.3 Å². The lowest BCUT2D eigenvalue weighted by Crippen LogP contribution is -2.45. The van der Waals surface area contributed by atoms with Gasteiger partial charge in [0.05, 0.1) is 10.5 Å². The fourth-order valence-electron chi connectivity index (χ4n) is 2.55. The number of hydrogen-bond donors (Lipinski definition) is 1. The van der Waals surface area contributed by atoms with Gasteiger partial charge in [0.1, 0.15) is 0 Å². The zero-order valence-electron chi connectivity index (χ0n) is 11.6. The molecule has 1 fully saturated rings. The van der Waals surface area contributed by atoms with E-state index in [1.807, 2.05) is 18.0 Å². The second-order valence-corrected chi connectivity index (χ2v) is 5.44. The number of hydrogen-bond acceptors (Lipinski definition) is 5. The van der Waals surface area contributed by atoms with E-state index in [0.29, 0.717) is 39.1 Å². The number of nitro groups is 1. The maximum atomic E-state index is 10.7. The minimum atomic E-state index is -0.715. The SMILES string of the molecule is CN(Cc1cccc([N+](=O)[O-])c1)CC1(O)CCOCC1. The summed E-state index contributed by atoms with van der Waals surface area (Å²) in [6.07, 6.45) is 1.26. The number of non-ortho nitro benzene ring substituents is 1. The van der Waals surface area contributed by atoms with Gasteiger partial charge in [0, 0.05) is 51.3 Å². The molecule has 1 aromatic rings. The largest absolute Gasteiger partial charge is 0.388 e. The third-order valence-electron chi connectivity index (χ3n) is 3.56. The maximum Gasteiger partial charge on any atom is 0.269 e. The predicted molar refractivity (Wildman–Crippen MR) is 74.4 cm³/mol. The highest BCUT2D eigenvalue weighted by Gasteiger charge is 2.30. The smallest absolute Gasteiger partial charge is 0.269 e. The van der Waals surface area contributed by atoms with E-state index in [4.69, 9.17) is 4.74 Å². The highest BCUT2D eigenvalue weighted by Crippen LogP contribution is 2.22. The zero-order valence-corrected chi connectivity index (χ0v) is 11.6. The minimum Gasteiger partial charge on any atom is -0.388 e. The monoisotopic (exact) mass is 280 g/mol. The van der Waals surface area contributed by atoms with Gasteiger partial charge in [0.2, 0.25) is 0 Å². The van der Waals surface area contributed by atoms with Crippen LogP contribution in [-0.4, -0.2) is 47.3 Å². The van der Waals surface area contributed by atoms with Crippen molar-refractivity contribution < 1.29 is 14.8 Å². The number of ether oxygens (including phenoxy) is 1. The van der Waals surface area contributed by atoms with Crippen LogP contribution in [0.3, 0.4) is 0 Å². The second kappa shape index (κ2) is 6.30. The van der Waals surface area contributed by atoms with Crippen molar-refractivity contribution in [3.63, 3.8) is 0 Å². The van der Waals surface area contributed by atoms with E-state index in [2.05, 4.69) is 0 Å². The van der Waals surface area contributed by atoms with Gasteiger partial charge in [-0.05, 0) is 12.6 Å². The number of rotatable bonds is 5. The summed E-state index contributed by atoms with van der Waals surface area (Å²) in [5.41, 5.74) is 0.256. The summed E-state index contributed by atoms with van der Waals surface area (Å²) in [4.78, 5) is 12.3. The molecule has 6 heteroatoms. The molecule has 6 nitrogen and oxygen atoms in total. The molecule has 1 aliphatic heterocycles. The van der Waals surface area contributed by atoms with Crippen LogP contribution in [0, 0.1) is 10.1 Å². The van der Waals surface area contributed by atoms with E-state index in [1.54, 1.807) is 12.1 Å². The first-order chi connectivity index (χ1) is 9.48. The van der Waals surface area contributed by atoms with Crippen LogP contribution in [0.4, 0.5) is 5.69 Å². The fraction of sp³-hybridized carbons (Fsp3) is 0.571. The average molecular weight is 280 g/mol. The van der Waals surface area contributed by atoms with E-state index in [0.717, 1.165) is 5.56 Å². The van der Waals surface area contributed by atoms with Crippen molar-refractivity contribution in [1.82, 2.24) is 4.90 Å². The minimum absolute atomic E-state index is 0.0979. The molecular formula is C14H20N2O4. The summed E-state index contributed by atoms with van der Waals surface area (Å²) in [7, 11) is 1.91. The lowest BCUT2D eigenvalue weighted by Gasteiger charge is -2.35. The molecule has 0 amide bonds. The van der Waals surface area contributed by atoms with Crippen LogP contribution in [0.5, 0.6) is 0 Å². The average Bonchev–Trinajstić information content (AvgIpc) is 2.39. The van der Waals surface area contributed by atoms with Gasteiger partial charge in [0.15, 0.2) is 0 Å². The molecule has 2 rings (SSSR count). The van der Waals surface area contributed by atoms with E-state index in [-0.39, 0.29) is 5.69 Å². The molecule has 1 aliphatic rings. The van der Waals surface area contributed by atoms with Gasteiger partial charge < -0.3 is 9.84 Å². The zero-order chi connectivity index (χ0) is 14.6. The van der Waals surface area contributed by atoms with E-state index in [9.17, 15) is 15.2 Å². The Hall–Kier alpha value is -1.50. The second-order valence-electron chi connectivity index (χ2n) is 5.44. The van der Waals surface area contributed by atoms with Crippen LogP contribution >= 0.6 is 0 Å². The Morgan fingerprint density at radius 2 is 2.15 bits per heavy atom. The molecule has 0 aromatic heterocycles. The van der Waals surface area contributed by atoms with Crippen molar-refractivity contribution in [2.24, 2.45) is 0 Å². The molecule has 1 saturated heterocycles. The number of nitro benzene ring substituents is 1. The third-order valence-corrected chi connectivity index (χ3v) is 3.56. The highest BCUT2D eigenvalue weighted by atomic mass is 16.6. The van der Waals surface area contributed by atoms with Gasteiger partial charge in [-0.25, -0.2) is 0 Å². The normalized spacial score (nSPS) is 18.1. The van der Waals surface area contributed by atoms with Crippen molar-refractivity contribution in [2.75, 3.05) is 26.8 Å². The van der Waals surface area contributed by atoms with Gasteiger partial charge in [-0.3, -0.25) is 15.0 Å². The van der Waals surface area contributed by atoms with Gasteiger partial charge in [0.25, 0.3) is 5.69 Å². The molecule has 1 N–H and O–H groups in total. The van der Waals surface area contributed by atoms with Crippen molar-refractivity contribution in [3.8, 4) is 0 Å². The summed E-state index contributed by atoms with van der Waals surface area (Å²) in [6, 6.07) is 6.60. The molecule has 20 heavy (non-hydrogen) atoms. The lowest BCUT2D eigenvalue weighted by molar-refractivity contribution is -0.384. The standard InChI is InChI=1S/C14H20N2O4/c1-15(11-14(17)5-7-20-8-6-14)10-12-3-2-4-13(9-12)16(18)19/h2-4,9,17H,5-8,10-11H2,1H3. The van der Waals surface area contributed by atoms with Crippen LogP contribution in [0.1, 0.15) is 18.4 Å². The van der Waals surface area contributed by atoms with Crippen LogP contribution in [0.2, 0.25) is 0 Å². The molecule has 0 saturated carbocycles. The van der Waals surface area contributed by atoms with Crippen LogP contribution in [0.25, 0.3) is 0 Å². The Bertz CT molecular complexity index is 472. The lowest BCUT2D eigenvalue weighted by atomic mass is 9.94. The Kier molecular flexibility index (Phi) is 4.69. The van der Waals surface area contributed by atoms with Crippen LogP contribution < -0.4 is 0 Å².